The Hall–Kier alpha value is -2.14. The minimum atomic E-state index is -0.837. The first-order valence-electron chi connectivity index (χ1n) is 10.0. The lowest BCUT2D eigenvalue weighted by atomic mass is 9.96. The molecule has 5 heteroatoms. The molecule has 0 fully saturated rings. The third-order valence-electron chi connectivity index (χ3n) is 4.64. The highest BCUT2D eigenvalue weighted by Crippen LogP contribution is 2.31. The van der Waals surface area contributed by atoms with Crippen LogP contribution in [-0.2, 0) is 9.53 Å². The van der Waals surface area contributed by atoms with Crippen LogP contribution < -0.4 is 10.1 Å². The molecule has 0 saturated heterocycles. The number of benzene rings is 1. The largest absolute Gasteiger partial charge is 0.491 e. The van der Waals surface area contributed by atoms with Gasteiger partial charge in [0.25, 0.3) is 5.91 Å². The molecule has 1 N–H and O–H groups in total. The van der Waals surface area contributed by atoms with Crippen LogP contribution in [0.25, 0.3) is 10.9 Å². The molecular formula is C22H32N2O3. The molecule has 1 aromatic heterocycles. The van der Waals surface area contributed by atoms with E-state index in [1.54, 1.807) is 6.20 Å². The highest BCUT2D eigenvalue weighted by Gasteiger charge is 2.33. The number of aromatic nitrogens is 1. The summed E-state index contributed by atoms with van der Waals surface area (Å²) in [6.45, 7) is 9.15. The molecule has 0 radical (unpaired) electrons. The van der Waals surface area contributed by atoms with Crippen LogP contribution in [0.1, 0.15) is 59.8 Å². The van der Waals surface area contributed by atoms with Crippen LogP contribution in [0.4, 0.5) is 5.69 Å². The predicted octanol–water partition coefficient (Wildman–Crippen LogP) is 5.34. The molecule has 0 saturated carbocycles. The first-order chi connectivity index (χ1) is 13.1. The highest BCUT2D eigenvalue weighted by atomic mass is 16.5. The smallest absolute Gasteiger partial charge is 0.256 e. The number of amides is 1. The summed E-state index contributed by atoms with van der Waals surface area (Å²) in [7, 11) is 0. The SMILES string of the molecule is CCCCCC(C)(OCC)C(=O)Nc1ccc(OCCC)c2ncccc12. The van der Waals surface area contributed by atoms with Crippen LogP contribution in [0.15, 0.2) is 30.5 Å². The minimum Gasteiger partial charge on any atom is -0.491 e. The molecule has 0 aliphatic carbocycles. The second-order valence-corrected chi connectivity index (χ2v) is 6.93. The third kappa shape index (κ3) is 5.42. The number of hydrogen-bond acceptors (Lipinski definition) is 4. The van der Waals surface area contributed by atoms with Gasteiger partial charge in [-0.15, -0.1) is 0 Å². The lowest BCUT2D eigenvalue weighted by Gasteiger charge is -2.28. The van der Waals surface area contributed by atoms with E-state index in [2.05, 4.69) is 24.1 Å². The van der Waals surface area contributed by atoms with E-state index < -0.39 is 5.60 Å². The maximum absolute atomic E-state index is 13.0. The van der Waals surface area contributed by atoms with Crippen molar-refractivity contribution < 1.29 is 14.3 Å². The zero-order chi connectivity index (χ0) is 19.7. The van der Waals surface area contributed by atoms with Gasteiger partial charge in [0.15, 0.2) is 0 Å². The fourth-order valence-electron chi connectivity index (χ4n) is 3.12. The van der Waals surface area contributed by atoms with Crippen molar-refractivity contribution in [1.29, 1.82) is 0 Å². The Balaban J connectivity index is 2.27. The summed E-state index contributed by atoms with van der Waals surface area (Å²) in [6.07, 6.45) is 6.53. The highest BCUT2D eigenvalue weighted by molar-refractivity contribution is 6.05. The van der Waals surface area contributed by atoms with Crippen molar-refractivity contribution >= 4 is 22.5 Å². The number of unbranched alkanes of at least 4 members (excludes halogenated alkanes) is 2. The Morgan fingerprint density at radius 1 is 1.15 bits per heavy atom. The van der Waals surface area contributed by atoms with Crippen molar-refractivity contribution in [2.24, 2.45) is 0 Å². The number of nitrogens with one attached hydrogen (secondary N) is 1. The summed E-state index contributed by atoms with van der Waals surface area (Å²) < 4.78 is 11.6. The Morgan fingerprint density at radius 3 is 2.67 bits per heavy atom. The fraction of sp³-hybridized carbons (Fsp3) is 0.545. The molecule has 0 spiro atoms. The topological polar surface area (TPSA) is 60.5 Å². The molecule has 1 atom stereocenters. The van der Waals surface area contributed by atoms with Gasteiger partial charge in [-0.25, -0.2) is 0 Å². The van der Waals surface area contributed by atoms with Crippen LogP contribution in [0.2, 0.25) is 0 Å². The molecule has 5 nitrogen and oxygen atoms in total. The van der Waals surface area contributed by atoms with Crippen LogP contribution >= 0.6 is 0 Å². The Kier molecular flexibility index (Phi) is 8.04. The number of ether oxygens (including phenoxy) is 2. The van der Waals surface area contributed by atoms with Crippen LogP contribution in [0.5, 0.6) is 5.75 Å². The lowest BCUT2D eigenvalue weighted by molar-refractivity contribution is -0.139. The van der Waals surface area contributed by atoms with Crippen molar-refractivity contribution in [3.05, 3.63) is 30.5 Å². The summed E-state index contributed by atoms with van der Waals surface area (Å²) in [5.41, 5.74) is 0.650. The second-order valence-electron chi connectivity index (χ2n) is 6.93. The number of nitrogens with zero attached hydrogens (tertiary/aromatic N) is 1. The lowest BCUT2D eigenvalue weighted by Crippen LogP contribution is -2.42. The summed E-state index contributed by atoms with van der Waals surface area (Å²) in [6, 6.07) is 7.57. The first kappa shape index (κ1) is 21.2. The average molecular weight is 373 g/mol. The fourth-order valence-corrected chi connectivity index (χ4v) is 3.12. The van der Waals surface area contributed by atoms with Crippen LogP contribution in [0.3, 0.4) is 0 Å². The summed E-state index contributed by atoms with van der Waals surface area (Å²) >= 11 is 0. The normalized spacial score (nSPS) is 13.3. The van der Waals surface area contributed by atoms with E-state index >= 15 is 0 Å². The summed E-state index contributed by atoms with van der Waals surface area (Å²) in [5.74, 6) is 0.619. The standard InChI is InChI=1S/C22H32N2O3/c1-5-8-9-14-22(4,27-7-3)21(25)24-18-12-13-19(26-16-6-2)20-17(18)11-10-15-23-20/h10-13,15H,5-9,14,16H2,1-4H3,(H,24,25). The molecular weight excluding hydrogens is 340 g/mol. The Labute approximate surface area is 162 Å². The van der Waals surface area contributed by atoms with Gasteiger partial charge in [0, 0.05) is 18.2 Å². The molecule has 0 aliphatic rings. The van der Waals surface area contributed by atoms with Gasteiger partial charge in [-0.05, 0) is 51.0 Å². The van der Waals surface area contributed by atoms with E-state index in [0.717, 1.165) is 48.0 Å². The Bertz CT molecular complexity index is 747. The molecule has 148 valence electrons. The van der Waals surface area contributed by atoms with Gasteiger partial charge in [0.1, 0.15) is 16.9 Å². The number of pyridine rings is 1. The van der Waals surface area contributed by atoms with E-state index in [-0.39, 0.29) is 5.91 Å². The third-order valence-corrected chi connectivity index (χ3v) is 4.64. The van der Waals surface area contributed by atoms with E-state index in [9.17, 15) is 4.79 Å². The molecule has 0 aliphatic heterocycles. The molecule has 1 unspecified atom stereocenters. The van der Waals surface area contributed by atoms with Gasteiger partial charge in [-0.3, -0.25) is 9.78 Å². The maximum atomic E-state index is 13.0. The number of fused-ring (bicyclic) bond motifs is 1. The quantitative estimate of drug-likeness (QED) is 0.541. The van der Waals surface area contributed by atoms with Crippen molar-refractivity contribution in [2.45, 2.75) is 65.4 Å². The zero-order valence-electron chi connectivity index (χ0n) is 17.0. The van der Waals surface area contributed by atoms with E-state index in [4.69, 9.17) is 9.47 Å². The molecule has 1 heterocycles. The monoisotopic (exact) mass is 372 g/mol. The van der Waals surface area contributed by atoms with E-state index in [0.29, 0.717) is 19.6 Å². The average Bonchev–Trinajstić information content (AvgIpc) is 2.67. The van der Waals surface area contributed by atoms with Crippen molar-refractivity contribution in [3.63, 3.8) is 0 Å². The molecule has 27 heavy (non-hydrogen) atoms. The van der Waals surface area contributed by atoms with Crippen molar-refractivity contribution in [3.8, 4) is 5.75 Å². The first-order valence-corrected chi connectivity index (χ1v) is 10.0. The number of carbonyl (C=O) groups excluding carboxylic acids is 1. The minimum absolute atomic E-state index is 0.118. The van der Waals surface area contributed by atoms with Gasteiger partial charge in [0.2, 0.25) is 0 Å². The van der Waals surface area contributed by atoms with Crippen molar-refractivity contribution in [1.82, 2.24) is 4.98 Å². The molecule has 2 aromatic rings. The number of anilines is 1. The molecule has 0 bridgehead atoms. The zero-order valence-corrected chi connectivity index (χ0v) is 17.0. The van der Waals surface area contributed by atoms with Gasteiger partial charge in [-0.2, -0.15) is 0 Å². The molecule has 2 rings (SSSR count). The maximum Gasteiger partial charge on any atom is 0.256 e. The Morgan fingerprint density at radius 2 is 1.96 bits per heavy atom. The molecule has 1 amide bonds. The van der Waals surface area contributed by atoms with Gasteiger partial charge in [-0.1, -0.05) is 33.1 Å². The second kappa shape index (κ2) is 10.3. The number of hydrogen-bond donors (Lipinski definition) is 1. The van der Waals surface area contributed by atoms with Crippen LogP contribution in [0, 0.1) is 0 Å². The van der Waals surface area contributed by atoms with Crippen LogP contribution in [-0.4, -0.2) is 29.7 Å². The van der Waals surface area contributed by atoms with Crippen molar-refractivity contribution in [2.75, 3.05) is 18.5 Å². The number of rotatable bonds is 11. The van der Waals surface area contributed by atoms with Gasteiger partial charge >= 0.3 is 0 Å². The summed E-state index contributed by atoms with van der Waals surface area (Å²) in [5, 5.41) is 3.93. The van der Waals surface area contributed by atoms with Gasteiger partial charge in [0.05, 0.1) is 12.3 Å². The van der Waals surface area contributed by atoms with E-state index in [1.165, 1.54) is 0 Å². The van der Waals surface area contributed by atoms with E-state index in [1.807, 2.05) is 38.1 Å². The summed E-state index contributed by atoms with van der Waals surface area (Å²) in [4.78, 5) is 17.5. The predicted molar refractivity (Wildman–Crippen MR) is 110 cm³/mol. The molecule has 1 aromatic carbocycles. The van der Waals surface area contributed by atoms with Gasteiger partial charge < -0.3 is 14.8 Å². The number of carbonyl (C=O) groups is 1.